The van der Waals surface area contributed by atoms with Crippen LogP contribution in [-0.2, 0) is 16.7 Å². The van der Waals surface area contributed by atoms with E-state index in [9.17, 15) is 9.90 Å². The van der Waals surface area contributed by atoms with Gasteiger partial charge in [-0.15, -0.1) is 0 Å². The molecule has 30 heavy (non-hydrogen) atoms. The first-order valence-corrected chi connectivity index (χ1v) is 10.3. The van der Waals surface area contributed by atoms with Crippen molar-refractivity contribution < 1.29 is 23.9 Å². The quantitative estimate of drug-likeness (QED) is 0.692. The molecule has 0 aliphatic carbocycles. The number of hydrogen-bond donors (Lipinski definition) is 2. The lowest BCUT2D eigenvalue weighted by atomic mass is 9.87. The summed E-state index contributed by atoms with van der Waals surface area (Å²) in [6.07, 6.45) is 1.33. The van der Waals surface area contributed by atoms with Crippen molar-refractivity contribution in [1.82, 2.24) is 0 Å². The van der Waals surface area contributed by atoms with Crippen LogP contribution < -0.4 is 15.1 Å². The van der Waals surface area contributed by atoms with E-state index >= 15 is 0 Å². The molecule has 158 valence electrons. The lowest BCUT2D eigenvalue weighted by Gasteiger charge is -2.24. The molecule has 0 amide bonds. The Balaban J connectivity index is 1.64. The van der Waals surface area contributed by atoms with Crippen LogP contribution in [0, 0.1) is 0 Å². The minimum atomic E-state index is -0.255. The van der Waals surface area contributed by atoms with Gasteiger partial charge in [-0.1, -0.05) is 32.9 Å². The van der Waals surface area contributed by atoms with Gasteiger partial charge < -0.3 is 23.9 Å². The minimum absolute atomic E-state index is 0.0430. The van der Waals surface area contributed by atoms with Gasteiger partial charge in [-0.2, -0.15) is 0 Å². The molecule has 0 bridgehead atoms. The molecule has 1 saturated heterocycles. The van der Waals surface area contributed by atoms with Gasteiger partial charge in [0, 0.05) is 0 Å². The summed E-state index contributed by atoms with van der Waals surface area (Å²) in [4.78, 5) is 14.3. The Labute approximate surface area is 175 Å². The van der Waals surface area contributed by atoms with E-state index in [2.05, 4.69) is 20.8 Å². The van der Waals surface area contributed by atoms with E-state index in [0.717, 1.165) is 13.1 Å². The summed E-state index contributed by atoms with van der Waals surface area (Å²) in [6, 6.07) is 10.8. The zero-order valence-corrected chi connectivity index (χ0v) is 17.7. The highest BCUT2D eigenvalue weighted by atomic mass is 16.5. The topological polar surface area (TPSA) is 73.3 Å². The molecule has 1 aromatic heterocycles. The predicted molar refractivity (Wildman–Crippen MR) is 115 cm³/mol. The number of hydrogen-bond acceptors (Lipinski definition) is 5. The molecular formula is C24H28NO5+. The Hall–Kier alpha value is -2.83. The van der Waals surface area contributed by atoms with Crippen LogP contribution in [0.2, 0.25) is 0 Å². The van der Waals surface area contributed by atoms with Gasteiger partial charge in [-0.25, -0.2) is 0 Å². The number of fused-ring (bicyclic) bond motifs is 1. The van der Waals surface area contributed by atoms with Crippen molar-refractivity contribution in [3.8, 4) is 17.2 Å². The van der Waals surface area contributed by atoms with Gasteiger partial charge in [0.05, 0.1) is 24.2 Å². The van der Waals surface area contributed by atoms with E-state index in [-0.39, 0.29) is 22.3 Å². The fraction of sp³-hybridized carbons (Fsp3) is 0.375. The number of benzene rings is 2. The summed E-state index contributed by atoms with van der Waals surface area (Å²) >= 11 is 0. The molecule has 0 atom stereocenters. The SMILES string of the molecule is CC(C)(C)c1ccc(Oc2coc3c(C[NH+]4CCOCC4)c(O)ccc3c2=O)cc1. The van der Waals surface area contributed by atoms with Gasteiger partial charge in [-0.3, -0.25) is 4.79 Å². The van der Waals surface area contributed by atoms with E-state index in [0.29, 0.717) is 42.0 Å². The molecule has 0 spiro atoms. The summed E-state index contributed by atoms with van der Waals surface area (Å²) in [5.74, 6) is 0.837. The van der Waals surface area contributed by atoms with E-state index in [1.807, 2.05) is 24.3 Å². The van der Waals surface area contributed by atoms with Gasteiger partial charge in [0.1, 0.15) is 37.4 Å². The largest absolute Gasteiger partial charge is 0.507 e. The lowest BCUT2D eigenvalue weighted by molar-refractivity contribution is -0.921. The first-order chi connectivity index (χ1) is 14.3. The van der Waals surface area contributed by atoms with E-state index in [4.69, 9.17) is 13.9 Å². The summed E-state index contributed by atoms with van der Waals surface area (Å²) in [5.41, 5.74) is 2.03. The van der Waals surface area contributed by atoms with Gasteiger partial charge in [0.2, 0.25) is 11.2 Å². The van der Waals surface area contributed by atoms with Crippen LogP contribution in [0.4, 0.5) is 0 Å². The summed E-state index contributed by atoms with van der Waals surface area (Å²) in [6.45, 7) is 10.1. The molecule has 0 unspecified atom stereocenters. The van der Waals surface area contributed by atoms with Crippen LogP contribution in [0.25, 0.3) is 11.0 Å². The third kappa shape index (κ3) is 4.20. The number of quaternary nitrogens is 1. The Morgan fingerprint density at radius 1 is 1.07 bits per heavy atom. The zero-order chi connectivity index (χ0) is 21.3. The normalized spacial score (nSPS) is 15.4. The smallest absolute Gasteiger partial charge is 0.235 e. The Morgan fingerprint density at radius 3 is 2.43 bits per heavy atom. The van der Waals surface area contributed by atoms with E-state index < -0.39 is 0 Å². The molecule has 2 heterocycles. The maximum Gasteiger partial charge on any atom is 0.235 e. The molecule has 3 aromatic rings. The van der Waals surface area contributed by atoms with Crippen molar-refractivity contribution in [3.63, 3.8) is 0 Å². The molecular weight excluding hydrogens is 382 g/mol. The van der Waals surface area contributed by atoms with Crippen LogP contribution in [0.3, 0.4) is 0 Å². The maximum atomic E-state index is 13.0. The average Bonchev–Trinajstić information content (AvgIpc) is 2.72. The average molecular weight is 410 g/mol. The second-order valence-electron chi connectivity index (χ2n) is 8.78. The highest BCUT2D eigenvalue weighted by molar-refractivity contribution is 5.82. The predicted octanol–water partition coefficient (Wildman–Crippen LogP) is 3.00. The maximum absolute atomic E-state index is 13.0. The van der Waals surface area contributed by atoms with E-state index in [1.165, 1.54) is 16.7 Å². The molecule has 4 rings (SSSR count). The molecule has 1 aliphatic heterocycles. The second kappa shape index (κ2) is 8.13. The van der Waals surface area contributed by atoms with Crippen molar-refractivity contribution in [2.75, 3.05) is 26.3 Å². The number of aromatic hydroxyl groups is 1. The summed E-state index contributed by atoms with van der Waals surface area (Å²) < 4.78 is 17.0. The number of phenolic OH excluding ortho intramolecular Hbond substituents is 1. The highest BCUT2D eigenvalue weighted by Gasteiger charge is 2.21. The van der Waals surface area contributed by atoms with Gasteiger partial charge >= 0.3 is 0 Å². The van der Waals surface area contributed by atoms with Crippen molar-refractivity contribution in [3.05, 3.63) is 64.0 Å². The first kappa shape index (κ1) is 20.4. The third-order valence-electron chi connectivity index (χ3n) is 5.56. The summed E-state index contributed by atoms with van der Waals surface area (Å²) in [5, 5.41) is 10.8. The van der Waals surface area contributed by atoms with E-state index in [1.54, 1.807) is 12.1 Å². The molecule has 6 heteroatoms. The van der Waals surface area contributed by atoms with Crippen molar-refractivity contribution in [1.29, 1.82) is 0 Å². The van der Waals surface area contributed by atoms with Gasteiger partial charge in [0.15, 0.2) is 5.58 Å². The number of morpholine rings is 1. The number of nitrogens with one attached hydrogen (secondary N) is 1. The standard InChI is InChI=1S/C24H27NO5/c1-24(2,3)16-4-6-17(7-5-16)30-21-15-29-23-18(22(21)27)8-9-20(26)19(23)14-25-10-12-28-13-11-25/h4-9,15,26H,10-14H2,1-3H3/p+1. The monoisotopic (exact) mass is 410 g/mol. The molecule has 1 aliphatic rings. The Morgan fingerprint density at radius 2 is 1.77 bits per heavy atom. The zero-order valence-electron chi connectivity index (χ0n) is 17.7. The van der Waals surface area contributed by atoms with Crippen LogP contribution in [0.1, 0.15) is 31.9 Å². The van der Waals surface area contributed by atoms with Crippen LogP contribution in [0.15, 0.2) is 51.9 Å². The van der Waals surface area contributed by atoms with Gasteiger partial charge in [0.25, 0.3) is 0 Å². The molecule has 0 saturated carbocycles. The highest BCUT2D eigenvalue weighted by Crippen LogP contribution is 2.29. The second-order valence-corrected chi connectivity index (χ2v) is 8.78. The van der Waals surface area contributed by atoms with Gasteiger partial charge in [-0.05, 0) is 35.2 Å². The van der Waals surface area contributed by atoms with Crippen LogP contribution in [0.5, 0.6) is 17.2 Å². The minimum Gasteiger partial charge on any atom is -0.507 e. The molecule has 2 N–H and O–H groups in total. The summed E-state index contributed by atoms with van der Waals surface area (Å²) in [7, 11) is 0. The third-order valence-corrected chi connectivity index (χ3v) is 5.56. The van der Waals surface area contributed by atoms with Crippen molar-refractivity contribution >= 4 is 11.0 Å². The Kier molecular flexibility index (Phi) is 5.54. The van der Waals surface area contributed by atoms with Crippen LogP contribution in [-0.4, -0.2) is 31.4 Å². The van der Waals surface area contributed by atoms with Crippen LogP contribution >= 0.6 is 0 Å². The molecule has 2 aromatic carbocycles. The van der Waals surface area contributed by atoms with Crippen molar-refractivity contribution in [2.24, 2.45) is 0 Å². The van der Waals surface area contributed by atoms with Crippen molar-refractivity contribution in [2.45, 2.75) is 32.7 Å². The molecule has 6 nitrogen and oxygen atoms in total. The fourth-order valence-corrected chi connectivity index (χ4v) is 3.71. The number of ether oxygens (including phenoxy) is 2. The first-order valence-electron chi connectivity index (χ1n) is 10.3. The lowest BCUT2D eigenvalue weighted by Crippen LogP contribution is -3.12. The number of phenols is 1. The molecule has 1 fully saturated rings. The number of rotatable bonds is 4. The molecule has 0 radical (unpaired) electrons. The Bertz CT molecular complexity index is 1090. The fourth-order valence-electron chi connectivity index (χ4n) is 3.71.